The molecule has 0 aromatic carbocycles. The number of amides is 14. The van der Waals surface area contributed by atoms with Crippen molar-refractivity contribution in [2.45, 2.75) is 181 Å². The molecule has 0 spiro atoms. The molecule has 630 valence electrons. The number of carboxylic acid groups (broad SMARTS) is 8. The number of carbonyl (C=O) groups excluding carboxylic acids is 14. The molecule has 0 aliphatic heterocycles. The van der Waals surface area contributed by atoms with Crippen molar-refractivity contribution >= 4 is 130 Å². The Hall–Kier alpha value is -12.0. The largest absolute Gasteiger partial charge is 0.481 e. The summed E-state index contributed by atoms with van der Waals surface area (Å²) in [5.41, 5.74) is 5.43. The average molecular weight is 1620 g/mol. The van der Waals surface area contributed by atoms with Gasteiger partial charge < -0.3 is 162 Å². The smallest absolute Gasteiger partial charge is 0.328 e. The molecule has 0 saturated heterocycles. The Bertz CT molecular complexity index is 3360. The number of aliphatic hydroxyl groups excluding tert-OH is 8. The van der Waals surface area contributed by atoms with Gasteiger partial charge in [0.25, 0.3) is 0 Å². The summed E-state index contributed by atoms with van der Waals surface area (Å²) in [6.45, 7) is -10.6. The van der Waals surface area contributed by atoms with Crippen molar-refractivity contribution < 1.29 is 187 Å². The van der Waals surface area contributed by atoms with Gasteiger partial charge in [0.1, 0.15) is 90.6 Å². The highest BCUT2D eigenvalue weighted by Gasteiger charge is 2.39. The lowest BCUT2D eigenvalue weighted by atomic mass is 10.1. The molecular formula is C59H91N15O38. The molecule has 53 nitrogen and oxygen atoms in total. The quantitative estimate of drug-likeness (QED) is 0.0269. The lowest BCUT2D eigenvalue weighted by Gasteiger charge is -2.27. The van der Waals surface area contributed by atoms with E-state index >= 15 is 0 Å². The Kier molecular flexibility index (Phi) is 46.6. The van der Waals surface area contributed by atoms with Gasteiger partial charge in [-0.3, -0.25) is 101 Å². The summed E-state index contributed by atoms with van der Waals surface area (Å²) < 4.78 is 0. The first kappa shape index (κ1) is 100.0. The van der Waals surface area contributed by atoms with E-state index in [2.05, 4.69) is 0 Å². The number of hydrogen-bond donors (Lipinski definition) is 31. The van der Waals surface area contributed by atoms with Crippen LogP contribution in [0.2, 0.25) is 0 Å². The lowest BCUT2D eigenvalue weighted by Crippen LogP contribution is -2.62. The molecule has 32 N–H and O–H groups in total. The maximum absolute atomic E-state index is 13.8. The van der Waals surface area contributed by atoms with Gasteiger partial charge in [-0.05, 0) is 44.9 Å². The Labute approximate surface area is 629 Å². The van der Waals surface area contributed by atoms with E-state index in [0.717, 1.165) is 0 Å². The lowest BCUT2D eigenvalue weighted by molar-refractivity contribution is -0.144. The maximum Gasteiger partial charge on any atom is 0.328 e. The molecule has 0 radical (unpaired) electrons. The fraction of sp³-hybridized carbons (Fsp3) is 0.627. The van der Waals surface area contributed by atoms with Crippen molar-refractivity contribution in [3.05, 3.63) is 0 Å². The number of rotatable bonds is 58. The molecule has 14 amide bonds. The second-order valence-corrected chi connectivity index (χ2v) is 23.8. The summed E-state index contributed by atoms with van der Waals surface area (Å²) in [5.74, 6) is -33.8. The monoisotopic (exact) mass is 1620 g/mol. The van der Waals surface area contributed by atoms with Crippen LogP contribution in [0.25, 0.3) is 0 Å². The van der Waals surface area contributed by atoms with Gasteiger partial charge in [0.2, 0.25) is 82.7 Å². The number of carbonyl (C=O) groups is 22. The number of nitrogens with one attached hydrogen (secondary N) is 14. The first-order valence-corrected chi connectivity index (χ1v) is 33.1. The number of aliphatic carboxylic acids is 8. The predicted molar refractivity (Wildman–Crippen MR) is 357 cm³/mol. The minimum atomic E-state index is -2.29. The fourth-order valence-electron chi connectivity index (χ4n) is 9.01. The van der Waals surface area contributed by atoms with E-state index in [0.29, 0.717) is 0 Å². The minimum absolute atomic E-state index is 0.651. The molecule has 0 bridgehead atoms. The Morgan fingerprint density at radius 1 is 0.179 bits per heavy atom. The van der Waals surface area contributed by atoms with Gasteiger partial charge in [0.05, 0.1) is 52.9 Å². The van der Waals surface area contributed by atoms with E-state index in [4.69, 9.17) is 15.9 Å². The molecule has 53 heteroatoms. The van der Waals surface area contributed by atoms with Crippen LogP contribution < -0.4 is 80.2 Å². The number of nitrogens with two attached hydrogens (primary N) is 1. The summed E-state index contributed by atoms with van der Waals surface area (Å²) in [6.07, 6.45) is -12.5. The number of hydrogen-bond acceptors (Lipinski definition) is 31. The first-order chi connectivity index (χ1) is 52.5. The zero-order valence-corrected chi connectivity index (χ0v) is 58.9. The van der Waals surface area contributed by atoms with Crippen LogP contribution in [-0.2, 0) is 105 Å². The third-order valence-corrected chi connectivity index (χ3v) is 15.2. The Morgan fingerprint density at radius 2 is 0.295 bits per heavy atom. The van der Waals surface area contributed by atoms with Crippen LogP contribution in [0.15, 0.2) is 0 Å². The highest BCUT2D eigenvalue weighted by Crippen LogP contribution is 2.10. The Balaban J connectivity index is 6.81. The summed E-state index contributed by atoms with van der Waals surface area (Å²) in [6, 6.07) is -31.2. The molecule has 0 aromatic rings. The van der Waals surface area contributed by atoms with Gasteiger partial charge in [-0.15, -0.1) is 0 Å². The summed E-state index contributed by atoms with van der Waals surface area (Å²) in [5, 5.41) is 181. The first-order valence-electron chi connectivity index (χ1n) is 33.1. The topological polar surface area (TPSA) is 894 Å². The summed E-state index contributed by atoms with van der Waals surface area (Å²) >= 11 is 0. The van der Waals surface area contributed by atoms with Crippen molar-refractivity contribution in [2.75, 3.05) is 52.9 Å². The van der Waals surface area contributed by atoms with Gasteiger partial charge >= 0.3 is 47.8 Å². The van der Waals surface area contributed by atoms with E-state index in [1.807, 2.05) is 74.4 Å². The van der Waals surface area contributed by atoms with Crippen molar-refractivity contribution in [3.8, 4) is 0 Å². The normalized spacial score (nSPS) is 14.9. The molecule has 15 atom stereocenters. The maximum atomic E-state index is 13.8. The van der Waals surface area contributed by atoms with E-state index in [-0.39, 0.29) is 0 Å². The van der Waals surface area contributed by atoms with Crippen LogP contribution in [0.5, 0.6) is 0 Å². The molecule has 0 aromatic heterocycles. The average Bonchev–Trinajstić information content (AvgIpc) is 0.864. The van der Waals surface area contributed by atoms with E-state index in [1.54, 1.807) is 0 Å². The summed E-state index contributed by atoms with van der Waals surface area (Å²) in [7, 11) is 0. The molecule has 0 unspecified atom stereocenters. The van der Waals surface area contributed by atoms with Crippen molar-refractivity contribution in [3.63, 3.8) is 0 Å². The van der Waals surface area contributed by atoms with Gasteiger partial charge in [-0.2, -0.15) is 0 Å². The second-order valence-electron chi connectivity index (χ2n) is 23.8. The molecule has 112 heavy (non-hydrogen) atoms. The molecule has 0 aliphatic rings. The molecule has 0 fully saturated rings. The Morgan fingerprint density at radius 3 is 0.411 bits per heavy atom. The zero-order valence-electron chi connectivity index (χ0n) is 58.9. The molecule has 0 heterocycles. The second kappa shape index (κ2) is 52.2. The van der Waals surface area contributed by atoms with Crippen LogP contribution in [0.3, 0.4) is 0 Å². The van der Waals surface area contributed by atoms with Crippen molar-refractivity contribution in [1.29, 1.82) is 0 Å². The van der Waals surface area contributed by atoms with Gasteiger partial charge in [-0.1, -0.05) is 0 Å². The van der Waals surface area contributed by atoms with Gasteiger partial charge in [0, 0.05) is 44.9 Å². The third kappa shape index (κ3) is 38.4. The standard InChI is InChI=1S/C59H91N15O38/c60-23(15-75)45(97)61-24(1-8-38(83)84)46(98)68-31(16-76)53(105)62-25(2-9-39(85)86)47(99)69-32(17-77)54(106)63-26(3-10-40(87)88)48(100)70-33(18-78)55(107)64-27(4-11-41(89)90)49(101)71-34(19-79)56(108)65-28(5-12-42(91)92)50(102)72-35(20-80)57(109)66-29(6-13-43(93)94)51(103)73-36(21-81)58(110)67-30(7-14-44(95)96)52(104)74-37(22-82)59(111)112/h23-37,75-82H,1-22,60H2,(H,61,97)(H,62,105)(H,63,106)(H,64,107)(H,65,108)(H,66,109)(H,67,110)(H,68,98)(H,69,99)(H,70,100)(H,71,101)(H,72,102)(H,73,103)(H,74,104)(H,83,84)(H,85,86)(H,87,88)(H,89,90)(H,91,92)(H,93,94)(H,95,96)(H,111,112)/t23-,24-,25-,26-,27-,28-,29-,30-,31-,32-,33-,34-,35-,36-,37-/m0/s1. The van der Waals surface area contributed by atoms with Crippen molar-refractivity contribution in [1.82, 2.24) is 74.4 Å². The predicted octanol–water partition coefficient (Wildman–Crippen LogP) is -16.8. The molecule has 0 aliphatic carbocycles. The minimum Gasteiger partial charge on any atom is -0.481 e. The van der Waals surface area contributed by atoms with Crippen LogP contribution in [0.4, 0.5) is 0 Å². The van der Waals surface area contributed by atoms with E-state index in [9.17, 15) is 177 Å². The molecule has 0 rings (SSSR count). The molecule has 0 saturated carbocycles. The zero-order chi connectivity index (χ0) is 85.8. The van der Waals surface area contributed by atoms with Gasteiger partial charge in [0.15, 0.2) is 0 Å². The highest BCUT2D eigenvalue weighted by molar-refractivity contribution is 6.01. The third-order valence-electron chi connectivity index (χ3n) is 15.2. The number of carboxylic acids is 8. The fourth-order valence-corrected chi connectivity index (χ4v) is 9.01. The van der Waals surface area contributed by atoms with Crippen LogP contribution in [0, 0.1) is 0 Å². The van der Waals surface area contributed by atoms with Crippen LogP contribution in [0.1, 0.15) is 89.9 Å². The van der Waals surface area contributed by atoms with Crippen LogP contribution in [-0.4, -0.2) is 356 Å². The van der Waals surface area contributed by atoms with Crippen molar-refractivity contribution in [2.24, 2.45) is 5.73 Å². The highest BCUT2D eigenvalue weighted by atomic mass is 16.4. The van der Waals surface area contributed by atoms with Gasteiger partial charge in [-0.25, -0.2) is 4.79 Å². The number of aliphatic hydroxyl groups is 8. The summed E-state index contributed by atoms with van der Waals surface area (Å²) in [4.78, 5) is 280. The van der Waals surface area contributed by atoms with E-state index in [1.165, 1.54) is 0 Å². The van der Waals surface area contributed by atoms with Crippen LogP contribution >= 0.6 is 0 Å². The molecular weight excluding hydrogens is 1530 g/mol. The SMILES string of the molecule is N[C@@H](CO)C(=O)N[C@@H](CCC(=O)O)C(=O)N[C@@H](CO)C(=O)N[C@@H](CCC(=O)O)C(=O)N[C@@H](CO)C(=O)N[C@@H](CCC(=O)O)C(=O)N[C@@H](CO)C(=O)N[C@@H](CCC(=O)O)C(=O)N[C@@H](CO)C(=O)N[C@@H](CCC(=O)O)C(=O)N[C@@H](CO)C(=O)N[C@@H](CCC(=O)O)C(=O)N[C@@H](CO)C(=O)N[C@@H](CCC(=O)O)C(=O)N[C@@H](CO)C(=O)O. The van der Waals surface area contributed by atoms with E-state index < -0.39 is 364 Å².